The Morgan fingerprint density at radius 2 is 1.86 bits per heavy atom. The Balaban J connectivity index is 1.72. The van der Waals surface area contributed by atoms with Crippen molar-refractivity contribution in [2.45, 2.75) is 34.6 Å². The molecule has 5 heteroatoms. The molecule has 0 unspecified atom stereocenters. The maximum Gasteiger partial charge on any atom is 0.203 e. The highest BCUT2D eigenvalue weighted by Crippen LogP contribution is 2.31. The molecule has 0 saturated carbocycles. The first kappa shape index (κ1) is 20.1. The minimum atomic E-state index is 0.477. The van der Waals surface area contributed by atoms with E-state index in [4.69, 9.17) is 9.72 Å². The van der Waals surface area contributed by atoms with Crippen molar-refractivity contribution in [2.24, 2.45) is 11.0 Å². The fourth-order valence-electron chi connectivity index (χ4n) is 3.16. The Morgan fingerprint density at radius 1 is 1.14 bits per heavy atom. The number of rotatable bonds is 7. The van der Waals surface area contributed by atoms with Crippen molar-refractivity contribution in [3.8, 4) is 17.0 Å². The number of hydrogen-bond acceptors (Lipinski definition) is 5. The molecule has 146 valence electrons. The second kappa shape index (κ2) is 9.02. The largest absolute Gasteiger partial charge is 0.493 e. The fourth-order valence-corrected chi connectivity index (χ4v) is 3.81. The van der Waals surface area contributed by atoms with Gasteiger partial charge in [0.2, 0.25) is 5.13 Å². The zero-order valence-corrected chi connectivity index (χ0v) is 17.9. The van der Waals surface area contributed by atoms with Gasteiger partial charge in [-0.3, -0.25) is 5.43 Å². The van der Waals surface area contributed by atoms with E-state index in [1.54, 1.807) is 17.6 Å². The predicted octanol–water partition coefficient (Wildman–Crippen LogP) is 6.22. The lowest BCUT2D eigenvalue weighted by atomic mass is 9.98. The van der Waals surface area contributed by atoms with Gasteiger partial charge < -0.3 is 4.74 Å². The van der Waals surface area contributed by atoms with Gasteiger partial charge in [-0.25, -0.2) is 4.98 Å². The maximum atomic E-state index is 5.87. The minimum Gasteiger partial charge on any atom is -0.493 e. The quantitative estimate of drug-likeness (QED) is 0.383. The van der Waals surface area contributed by atoms with Crippen LogP contribution >= 0.6 is 11.3 Å². The molecular formula is C23H27N3OS. The smallest absolute Gasteiger partial charge is 0.203 e. The Morgan fingerprint density at radius 3 is 2.57 bits per heavy atom. The van der Waals surface area contributed by atoms with Gasteiger partial charge >= 0.3 is 0 Å². The number of nitrogens with zero attached hydrogens (tertiary/aromatic N) is 2. The van der Waals surface area contributed by atoms with Gasteiger partial charge in [-0.05, 0) is 49.9 Å². The van der Waals surface area contributed by atoms with E-state index in [-0.39, 0.29) is 0 Å². The summed E-state index contributed by atoms with van der Waals surface area (Å²) in [5, 5.41) is 7.20. The Bertz CT molecular complexity index is 952. The maximum absolute atomic E-state index is 5.87. The first-order valence-electron chi connectivity index (χ1n) is 9.48. The number of benzene rings is 2. The molecule has 3 aromatic rings. The number of para-hydroxylation sites is 1. The van der Waals surface area contributed by atoms with E-state index in [2.05, 4.69) is 62.7 Å². The van der Waals surface area contributed by atoms with Crippen molar-refractivity contribution in [2.75, 3.05) is 12.0 Å². The van der Waals surface area contributed by atoms with Crippen molar-refractivity contribution in [3.05, 3.63) is 64.0 Å². The zero-order valence-electron chi connectivity index (χ0n) is 17.1. The molecule has 0 aliphatic heterocycles. The standard InChI is InChI=1S/C23H27N3OS/c1-15(2)13-27-21-9-7-6-8-19(21)12-24-26-23-25-20(14-28-23)22-17(4)10-16(3)11-18(22)5/h6-12,14-15H,13H2,1-5H3,(H,25,26)/b24-12-. The van der Waals surface area contributed by atoms with Crippen molar-refractivity contribution < 1.29 is 4.74 Å². The predicted molar refractivity (Wildman–Crippen MR) is 120 cm³/mol. The van der Waals surface area contributed by atoms with Crippen LogP contribution in [0.5, 0.6) is 5.75 Å². The van der Waals surface area contributed by atoms with Gasteiger partial charge in [0.1, 0.15) is 5.75 Å². The van der Waals surface area contributed by atoms with Crippen molar-refractivity contribution in [1.29, 1.82) is 0 Å². The molecule has 1 aromatic heterocycles. The number of hydrazone groups is 1. The molecule has 1 N–H and O–H groups in total. The van der Waals surface area contributed by atoms with Crippen LogP contribution in [0.25, 0.3) is 11.3 Å². The summed E-state index contributed by atoms with van der Waals surface area (Å²) in [7, 11) is 0. The van der Waals surface area contributed by atoms with Crippen LogP contribution in [0.4, 0.5) is 5.13 Å². The van der Waals surface area contributed by atoms with Crippen molar-refractivity contribution in [3.63, 3.8) is 0 Å². The average Bonchev–Trinajstić information content (AvgIpc) is 3.08. The van der Waals surface area contributed by atoms with Gasteiger partial charge in [0, 0.05) is 16.5 Å². The zero-order chi connectivity index (χ0) is 20.1. The topological polar surface area (TPSA) is 46.5 Å². The highest BCUT2D eigenvalue weighted by molar-refractivity contribution is 7.14. The summed E-state index contributed by atoms with van der Waals surface area (Å²) in [5.41, 5.74) is 9.94. The number of thiazole rings is 1. The summed E-state index contributed by atoms with van der Waals surface area (Å²) in [6, 6.07) is 12.3. The third-order valence-electron chi connectivity index (χ3n) is 4.29. The first-order chi connectivity index (χ1) is 13.4. The van der Waals surface area contributed by atoms with Crippen molar-refractivity contribution in [1.82, 2.24) is 4.98 Å². The van der Waals surface area contributed by atoms with E-state index in [9.17, 15) is 0 Å². The molecule has 3 rings (SSSR count). The van der Waals surface area contributed by atoms with Crippen LogP contribution in [0.3, 0.4) is 0 Å². The normalized spacial score (nSPS) is 11.4. The van der Waals surface area contributed by atoms with Crippen LogP contribution in [-0.4, -0.2) is 17.8 Å². The summed E-state index contributed by atoms with van der Waals surface area (Å²) < 4.78 is 5.87. The minimum absolute atomic E-state index is 0.477. The molecule has 0 amide bonds. The van der Waals surface area contributed by atoms with Crippen LogP contribution in [-0.2, 0) is 0 Å². The molecule has 0 aliphatic rings. The molecule has 1 heterocycles. The van der Waals surface area contributed by atoms with Crippen LogP contribution in [0.2, 0.25) is 0 Å². The molecule has 0 aliphatic carbocycles. The van der Waals surface area contributed by atoms with Gasteiger partial charge in [-0.2, -0.15) is 5.10 Å². The van der Waals surface area contributed by atoms with E-state index in [1.165, 1.54) is 22.3 Å². The number of aryl methyl sites for hydroxylation is 3. The van der Waals surface area contributed by atoms with E-state index < -0.39 is 0 Å². The fraction of sp³-hybridized carbons (Fsp3) is 0.304. The Kier molecular flexibility index (Phi) is 6.47. The molecule has 0 radical (unpaired) electrons. The van der Waals surface area contributed by atoms with Crippen LogP contribution in [0.15, 0.2) is 46.9 Å². The monoisotopic (exact) mass is 393 g/mol. The van der Waals surface area contributed by atoms with Crippen LogP contribution in [0.1, 0.15) is 36.1 Å². The number of hydrogen-bond donors (Lipinski definition) is 1. The summed E-state index contributed by atoms with van der Waals surface area (Å²) in [6.07, 6.45) is 1.78. The lowest BCUT2D eigenvalue weighted by molar-refractivity contribution is 0.271. The summed E-state index contributed by atoms with van der Waals surface area (Å²) in [6.45, 7) is 11.3. The number of nitrogens with one attached hydrogen (secondary N) is 1. The third-order valence-corrected chi connectivity index (χ3v) is 5.04. The Hall–Kier alpha value is -2.66. The summed E-state index contributed by atoms with van der Waals surface area (Å²) in [4.78, 5) is 4.71. The highest BCUT2D eigenvalue weighted by Gasteiger charge is 2.10. The molecule has 0 saturated heterocycles. The van der Waals surface area contributed by atoms with Crippen molar-refractivity contribution >= 4 is 22.7 Å². The van der Waals surface area contributed by atoms with Crippen LogP contribution < -0.4 is 10.2 Å². The first-order valence-corrected chi connectivity index (χ1v) is 10.4. The number of anilines is 1. The number of ether oxygens (including phenoxy) is 1. The molecule has 0 spiro atoms. The van der Waals surface area contributed by atoms with E-state index in [1.807, 2.05) is 24.3 Å². The van der Waals surface area contributed by atoms with Gasteiger partial charge in [-0.1, -0.05) is 43.7 Å². The molecule has 0 fully saturated rings. The lowest BCUT2D eigenvalue weighted by Crippen LogP contribution is -2.06. The van der Waals surface area contributed by atoms with Crippen LogP contribution in [0, 0.1) is 26.7 Å². The van der Waals surface area contributed by atoms with E-state index in [0.717, 1.165) is 22.1 Å². The third kappa shape index (κ3) is 4.98. The Labute approximate surface area is 171 Å². The van der Waals surface area contributed by atoms with Gasteiger partial charge in [0.15, 0.2) is 0 Å². The number of aromatic nitrogens is 1. The molecular weight excluding hydrogens is 366 g/mol. The molecule has 4 nitrogen and oxygen atoms in total. The molecule has 0 atom stereocenters. The second-order valence-electron chi connectivity index (χ2n) is 7.42. The average molecular weight is 394 g/mol. The van der Waals surface area contributed by atoms with E-state index >= 15 is 0 Å². The SMILES string of the molecule is Cc1cc(C)c(-c2csc(N/N=C\c3ccccc3OCC(C)C)n2)c(C)c1. The van der Waals surface area contributed by atoms with Gasteiger partial charge in [0.05, 0.1) is 18.5 Å². The molecule has 2 aromatic carbocycles. The summed E-state index contributed by atoms with van der Waals surface area (Å²) >= 11 is 1.55. The molecule has 0 bridgehead atoms. The van der Waals surface area contributed by atoms with Gasteiger partial charge in [-0.15, -0.1) is 11.3 Å². The van der Waals surface area contributed by atoms with E-state index in [0.29, 0.717) is 12.5 Å². The second-order valence-corrected chi connectivity index (χ2v) is 8.28. The van der Waals surface area contributed by atoms with Gasteiger partial charge in [0.25, 0.3) is 0 Å². The lowest BCUT2D eigenvalue weighted by Gasteiger charge is -2.10. The molecule has 28 heavy (non-hydrogen) atoms. The highest BCUT2D eigenvalue weighted by atomic mass is 32.1. The summed E-state index contributed by atoms with van der Waals surface area (Å²) in [5.74, 6) is 1.32.